The first kappa shape index (κ1) is 15.0. The first-order valence-electron chi connectivity index (χ1n) is 7.97. The topological polar surface area (TPSA) is 29.5 Å². The summed E-state index contributed by atoms with van der Waals surface area (Å²) in [5, 5.41) is 2.03. The van der Waals surface area contributed by atoms with Gasteiger partial charge in [0.05, 0.1) is 5.56 Å². The third-order valence-corrected chi connectivity index (χ3v) is 4.88. The molecule has 0 N–H and O–H groups in total. The summed E-state index contributed by atoms with van der Waals surface area (Å²) in [5.41, 5.74) is 0.664. The maximum atomic E-state index is 12.6. The van der Waals surface area contributed by atoms with Crippen molar-refractivity contribution in [3.05, 3.63) is 48.0 Å². The van der Waals surface area contributed by atoms with Crippen LogP contribution in [-0.2, 0) is 4.74 Å². The fourth-order valence-electron chi connectivity index (χ4n) is 3.34. The number of esters is 1. The molecule has 116 valence electrons. The van der Waals surface area contributed by atoms with Crippen molar-refractivity contribution in [2.24, 2.45) is 0 Å². The van der Waals surface area contributed by atoms with Gasteiger partial charge in [0.25, 0.3) is 0 Å². The van der Waals surface area contributed by atoms with Gasteiger partial charge in [-0.15, -0.1) is 0 Å². The monoisotopic (exact) mass is 297 g/mol. The van der Waals surface area contributed by atoms with E-state index < -0.39 is 0 Å². The molecule has 3 nitrogen and oxygen atoms in total. The van der Waals surface area contributed by atoms with E-state index in [0.717, 1.165) is 23.6 Å². The smallest absolute Gasteiger partial charge is 0.339 e. The second kappa shape index (κ2) is 6.09. The average molecular weight is 297 g/mol. The Morgan fingerprint density at radius 1 is 1.05 bits per heavy atom. The van der Waals surface area contributed by atoms with Crippen LogP contribution < -0.4 is 0 Å². The van der Waals surface area contributed by atoms with Crippen molar-refractivity contribution in [2.75, 3.05) is 7.05 Å². The molecule has 1 aliphatic heterocycles. The van der Waals surface area contributed by atoms with Gasteiger partial charge in [-0.05, 0) is 50.6 Å². The molecule has 1 heterocycles. The Morgan fingerprint density at radius 3 is 2.41 bits per heavy atom. The summed E-state index contributed by atoms with van der Waals surface area (Å²) in [5.74, 6) is -0.203. The predicted molar refractivity (Wildman–Crippen MR) is 89.1 cm³/mol. The van der Waals surface area contributed by atoms with E-state index in [1.54, 1.807) is 0 Å². The molecule has 0 aromatic heterocycles. The van der Waals surface area contributed by atoms with E-state index in [0.29, 0.717) is 17.6 Å². The second-order valence-corrected chi connectivity index (χ2v) is 6.39. The Kier molecular flexibility index (Phi) is 4.16. The van der Waals surface area contributed by atoms with E-state index in [9.17, 15) is 4.79 Å². The van der Waals surface area contributed by atoms with Gasteiger partial charge in [-0.1, -0.05) is 36.4 Å². The molecule has 1 aliphatic rings. The normalized spacial score (nSPS) is 26.0. The Hall–Kier alpha value is -1.87. The summed E-state index contributed by atoms with van der Waals surface area (Å²) in [4.78, 5) is 14.9. The first-order valence-corrected chi connectivity index (χ1v) is 7.97. The molecule has 1 unspecified atom stereocenters. The Bertz CT molecular complexity index is 665. The molecule has 0 saturated carbocycles. The molecule has 1 saturated heterocycles. The van der Waals surface area contributed by atoms with E-state index in [1.807, 2.05) is 42.5 Å². The number of benzene rings is 2. The summed E-state index contributed by atoms with van der Waals surface area (Å²) < 4.78 is 5.81. The number of likely N-dealkylation sites (tertiary alicyclic amines) is 1. The van der Waals surface area contributed by atoms with Gasteiger partial charge in [0.1, 0.15) is 6.10 Å². The van der Waals surface area contributed by atoms with Crippen LogP contribution in [0.5, 0.6) is 0 Å². The largest absolute Gasteiger partial charge is 0.459 e. The zero-order valence-corrected chi connectivity index (χ0v) is 13.5. The maximum absolute atomic E-state index is 12.6. The zero-order chi connectivity index (χ0) is 15.7. The van der Waals surface area contributed by atoms with Crippen molar-refractivity contribution < 1.29 is 9.53 Å². The van der Waals surface area contributed by atoms with Crippen molar-refractivity contribution in [1.82, 2.24) is 4.90 Å². The van der Waals surface area contributed by atoms with Crippen LogP contribution in [0.15, 0.2) is 42.5 Å². The molecule has 0 bridgehead atoms. The summed E-state index contributed by atoms with van der Waals surface area (Å²) >= 11 is 0. The van der Waals surface area contributed by atoms with E-state index in [2.05, 4.69) is 25.8 Å². The number of rotatable bonds is 2. The average Bonchev–Trinajstić information content (AvgIpc) is 2.52. The fraction of sp³-hybridized carbons (Fsp3) is 0.421. The van der Waals surface area contributed by atoms with Gasteiger partial charge in [-0.3, -0.25) is 0 Å². The Labute approximate surface area is 131 Å². The number of hydrogen-bond acceptors (Lipinski definition) is 3. The van der Waals surface area contributed by atoms with Crippen molar-refractivity contribution in [3.63, 3.8) is 0 Å². The highest BCUT2D eigenvalue weighted by molar-refractivity contribution is 6.04. The molecule has 2 aromatic rings. The fourth-order valence-corrected chi connectivity index (χ4v) is 3.34. The number of carbonyl (C=O) groups excluding carboxylic acids is 1. The highest BCUT2D eigenvalue weighted by Crippen LogP contribution is 2.26. The number of carbonyl (C=O) groups is 1. The summed E-state index contributed by atoms with van der Waals surface area (Å²) in [6, 6.07) is 14.6. The van der Waals surface area contributed by atoms with Gasteiger partial charge in [0.15, 0.2) is 0 Å². The standard InChI is InChI=1S/C19H23NO2/c1-13-11-16(12-14(2)20(13)3)22-19(21)18-10-6-8-15-7-4-5-9-17(15)18/h4-10,13-14,16H,11-12H2,1-3H3/t13-,14+,16?. The highest BCUT2D eigenvalue weighted by Gasteiger charge is 2.30. The lowest BCUT2D eigenvalue weighted by molar-refractivity contribution is -0.00952. The lowest BCUT2D eigenvalue weighted by atomic mass is 9.95. The molecule has 0 amide bonds. The van der Waals surface area contributed by atoms with Crippen LogP contribution in [0.25, 0.3) is 10.8 Å². The van der Waals surface area contributed by atoms with Gasteiger partial charge in [-0.2, -0.15) is 0 Å². The number of nitrogens with zero attached hydrogens (tertiary/aromatic N) is 1. The number of fused-ring (bicyclic) bond motifs is 1. The molecule has 22 heavy (non-hydrogen) atoms. The van der Waals surface area contributed by atoms with E-state index in [-0.39, 0.29) is 12.1 Å². The van der Waals surface area contributed by atoms with E-state index in [4.69, 9.17) is 4.74 Å². The highest BCUT2D eigenvalue weighted by atomic mass is 16.5. The third-order valence-electron chi connectivity index (χ3n) is 4.88. The van der Waals surface area contributed by atoms with Crippen LogP contribution in [0.1, 0.15) is 37.0 Å². The van der Waals surface area contributed by atoms with Crippen molar-refractivity contribution in [2.45, 2.75) is 44.9 Å². The van der Waals surface area contributed by atoms with Crippen LogP contribution in [-0.4, -0.2) is 36.1 Å². The van der Waals surface area contributed by atoms with E-state index >= 15 is 0 Å². The molecule has 1 fully saturated rings. The molecule has 3 atom stereocenters. The van der Waals surface area contributed by atoms with Crippen LogP contribution >= 0.6 is 0 Å². The molecule has 3 rings (SSSR count). The van der Waals surface area contributed by atoms with E-state index in [1.165, 1.54) is 0 Å². The van der Waals surface area contributed by atoms with Crippen LogP contribution in [0.3, 0.4) is 0 Å². The quantitative estimate of drug-likeness (QED) is 0.788. The van der Waals surface area contributed by atoms with Gasteiger partial charge >= 0.3 is 5.97 Å². The summed E-state index contributed by atoms with van der Waals surface area (Å²) in [6.45, 7) is 4.38. The van der Waals surface area contributed by atoms with Crippen molar-refractivity contribution in [3.8, 4) is 0 Å². The number of ether oxygens (including phenoxy) is 1. The predicted octanol–water partition coefficient (Wildman–Crippen LogP) is 3.87. The first-order chi connectivity index (χ1) is 10.6. The molecule has 0 radical (unpaired) electrons. The number of hydrogen-bond donors (Lipinski definition) is 0. The van der Waals surface area contributed by atoms with Gasteiger partial charge in [-0.25, -0.2) is 4.79 Å². The molecule has 3 heteroatoms. The number of piperidine rings is 1. The van der Waals surface area contributed by atoms with Crippen LogP contribution in [0, 0.1) is 0 Å². The van der Waals surface area contributed by atoms with Crippen LogP contribution in [0.4, 0.5) is 0 Å². The molecular weight excluding hydrogens is 274 g/mol. The maximum Gasteiger partial charge on any atom is 0.339 e. The SMILES string of the molecule is C[C@@H]1CC(OC(=O)c2cccc3ccccc23)C[C@H](C)N1C. The van der Waals surface area contributed by atoms with Gasteiger partial charge in [0.2, 0.25) is 0 Å². The van der Waals surface area contributed by atoms with Crippen molar-refractivity contribution >= 4 is 16.7 Å². The Balaban J connectivity index is 1.79. The zero-order valence-electron chi connectivity index (χ0n) is 13.5. The summed E-state index contributed by atoms with van der Waals surface area (Å²) in [6.07, 6.45) is 1.81. The molecular formula is C19H23NO2. The molecule has 0 aliphatic carbocycles. The molecule has 0 spiro atoms. The second-order valence-electron chi connectivity index (χ2n) is 6.39. The van der Waals surface area contributed by atoms with Crippen molar-refractivity contribution in [1.29, 1.82) is 0 Å². The minimum atomic E-state index is -0.203. The lowest BCUT2D eigenvalue weighted by Gasteiger charge is -2.39. The minimum Gasteiger partial charge on any atom is -0.459 e. The lowest BCUT2D eigenvalue weighted by Crippen LogP contribution is -2.46. The third kappa shape index (κ3) is 2.86. The molecule has 2 aromatic carbocycles. The van der Waals surface area contributed by atoms with Gasteiger partial charge in [0, 0.05) is 12.1 Å². The summed E-state index contributed by atoms with van der Waals surface area (Å²) in [7, 11) is 2.14. The van der Waals surface area contributed by atoms with Gasteiger partial charge < -0.3 is 9.64 Å². The Morgan fingerprint density at radius 2 is 1.68 bits per heavy atom. The van der Waals surface area contributed by atoms with Crippen LogP contribution in [0.2, 0.25) is 0 Å². The minimum absolute atomic E-state index is 0.00710.